The van der Waals surface area contributed by atoms with Crippen LogP contribution in [0.15, 0.2) is 32.9 Å². The van der Waals surface area contributed by atoms with Crippen molar-refractivity contribution in [3.05, 3.63) is 28.2 Å². The molecule has 0 fully saturated rings. The summed E-state index contributed by atoms with van der Waals surface area (Å²) in [5, 5.41) is 8.37. The van der Waals surface area contributed by atoms with E-state index in [1.165, 1.54) is 0 Å². The van der Waals surface area contributed by atoms with Gasteiger partial charge in [-0.1, -0.05) is 12.1 Å². The van der Waals surface area contributed by atoms with Crippen molar-refractivity contribution in [1.82, 2.24) is 0 Å². The molecule has 1 aromatic carbocycles. The molecule has 0 N–H and O–H groups in total. The van der Waals surface area contributed by atoms with Crippen molar-refractivity contribution in [3.8, 4) is 0 Å². The Labute approximate surface area is 105 Å². The third-order valence-corrected chi connectivity index (χ3v) is 2.60. The third kappa shape index (κ3) is 4.34. The highest BCUT2D eigenvalue weighted by Crippen LogP contribution is 2.29. The maximum atomic E-state index is 4.39. The van der Waals surface area contributed by atoms with Crippen molar-refractivity contribution < 1.29 is 0 Å². The number of rotatable bonds is 3. The first kappa shape index (κ1) is 12.7. The van der Waals surface area contributed by atoms with E-state index >= 15 is 0 Å². The van der Waals surface area contributed by atoms with Gasteiger partial charge in [0.2, 0.25) is 0 Å². The van der Waals surface area contributed by atoms with E-state index in [0.29, 0.717) is 6.54 Å². The Morgan fingerprint density at radius 3 is 2.60 bits per heavy atom. The summed E-state index contributed by atoms with van der Waals surface area (Å²) in [5.74, 6) is 0. The molecule has 0 unspecified atom stereocenters. The van der Waals surface area contributed by atoms with E-state index < -0.39 is 0 Å². The van der Waals surface area contributed by atoms with Crippen LogP contribution in [0.5, 0.6) is 0 Å². The predicted octanol–water partition coefficient (Wildman–Crippen LogP) is 4.55. The number of hydrogen-bond acceptors (Lipinski definition) is 3. The molecule has 0 aliphatic carbocycles. The second kappa shape index (κ2) is 5.12. The van der Waals surface area contributed by atoms with Gasteiger partial charge in [0.05, 0.1) is 6.54 Å². The fourth-order valence-electron chi connectivity index (χ4n) is 1.03. The lowest BCUT2D eigenvalue weighted by molar-refractivity contribution is 0.708. The van der Waals surface area contributed by atoms with Gasteiger partial charge in [0.15, 0.2) is 0 Å². The monoisotopic (exact) mass is 286 g/mol. The molecule has 0 saturated carbocycles. The van der Waals surface area contributed by atoms with E-state index in [9.17, 15) is 0 Å². The van der Waals surface area contributed by atoms with Crippen LogP contribution in [-0.2, 0) is 0 Å². The fourth-order valence-corrected chi connectivity index (χ4v) is 1.64. The highest BCUT2D eigenvalue weighted by atomic mass is 79.9. The normalized spacial score (nSPS) is 12.3. The summed E-state index contributed by atoms with van der Waals surface area (Å²) < 4.78 is 0.863. The Morgan fingerprint density at radius 1 is 1.40 bits per heavy atom. The Balaban J connectivity index is 2.81. The van der Waals surface area contributed by atoms with Crippen LogP contribution < -0.4 is 0 Å². The van der Waals surface area contributed by atoms with Gasteiger partial charge in [-0.2, -0.15) is 22.9 Å². The van der Waals surface area contributed by atoms with Gasteiger partial charge in [0.1, 0.15) is 5.69 Å². The maximum absolute atomic E-state index is 4.39. The van der Waals surface area contributed by atoms with Crippen molar-refractivity contribution in [1.29, 1.82) is 0 Å². The van der Waals surface area contributed by atoms with Gasteiger partial charge >= 0.3 is 0 Å². The van der Waals surface area contributed by atoms with Crippen molar-refractivity contribution >= 4 is 34.2 Å². The van der Waals surface area contributed by atoms with Gasteiger partial charge in [-0.05, 0) is 48.3 Å². The largest absolute Gasteiger partial charge is 0.187 e. The number of thiol groups is 1. The average Bonchev–Trinajstić information content (AvgIpc) is 2.08. The minimum Gasteiger partial charge on any atom is -0.187 e. The molecule has 0 heterocycles. The molecule has 0 atom stereocenters. The van der Waals surface area contributed by atoms with Crippen molar-refractivity contribution in [2.24, 2.45) is 10.2 Å². The Kier molecular flexibility index (Phi) is 4.34. The first-order chi connectivity index (χ1) is 6.90. The number of azo groups is 1. The maximum Gasteiger partial charge on any atom is 0.102 e. The van der Waals surface area contributed by atoms with Crippen LogP contribution in [0.2, 0.25) is 0 Å². The number of halogens is 1. The third-order valence-electron chi connectivity index (χ3n) is 1.82. The summed E-state index contributed by atoms with van der Waals surface area (Å²) in [6.45, 7) is 6.66. The first-order valence-corrected chi connectivity index (χ1v) is 5.99. The molecule has 82 valence electrons. The molecule has 0 spiro atoms. The van der Waals surface area contributed by atoms with Crippen molar-refractivity contribution in [2.75, 3.05) is 6.54 Å². The minimum atomic E-state index is -0.112. The highest BCUT2D eigenvalue weighted by Gasteiger charge is 2.10. The molecule has 1 rings (SSSR count). The lowest BCUT2D eigenvalue weighted by Crippen LogP contribution is -2.13. The van der Waals surface area contributed by atoms with Crippen LogP contribution in [0.1, 0.15) is 19.4 Å². The SMILES string of the molecule is Cc1cccc(Br)c1/N=N/CC(C)(C)S. The van der Waals surface area contributed by atoms with E-state index in [-0.39, 0.29) is 4.75 Å². The summed E-state index contributed by atoms with van der Waals surface area (Å²) in [5.41, 5.74) is 2.01. The van der Waals surface area contributed by atoms with Crippen LogP contribution in [0.4, 0.5) is 5.69 Å². The zero-order valence-corrected chi connectivity index (χ0v) is 11.6. The van der Waals surface area contributed by atoms with Crippen LogP contribution in [-0.4, -0.2) is 11.3 Å². The molecule has 0 aliphatic heterocycles. The molecule has 0 bridgehead atoms. The summed E-state index contributed by atoms with van der Waals surface area (Å²) in [6.07, 6.45) is 0. The molecular formula is C11H15BrN2S. The average molecular weight is 287 g/mol. The number of nitrogens with zero attached hydrogens (tertiary/aromatic N) is 2. The van der Waals surface area contributed by atoms with Gasteiger partial charge in [0.25, 0.3) is 0 Å². The summed E-state index contributed by atoms with van der Waals surface area (Å²) >= 11 is 7.84. The fraction of sp³-hybridized carbons (Fsp3) is 0.455. The number of benzene rings is 1. The Hall–Kier alpha value is -0.350. The molecule has 0 aromatic heterocycles. The van der Waals surface area contributed by atoms with Gasteiger partial charge < -0.3 is 0 Å². The van der Waals surface area contributed by atoms with E-state index in [0.717, 1.165) is 15.7 Å². The molecule has 4 heteroatoms. The standard InChI is InChI=1S/C11H15BrN2S/c1-8-5-4-6-9(12)10(8)14-13-7-11(2,3)15/h4-6,15H,7H2,1-3H3/b14-13+. The summed E-state index contributed by atoms with van der Waals surface area (Å²) in [4.78, 5) is 0. The molecular weight excluding hydrogens is 272 g/mol. The molecule has 0 amide bonds. The lowest BCUT2D eigenvalue weighted by atomic mass is 10.2. The van der Waals surface area contributed by atoms with Crippen LogP contribution in [0.25, 0.3) is 0 Å². The highest BCUT2D eigenvalue weighted by molar-refractivity contribution is 9.10. The lowest BCUT2D eigenvalue weighted by Gasteiger charge is -2.12. The number of aryl methyl sites for hydroxylation is 1. The summed E-state index contributed by atoms with van der Waals surface area (Å²) in [6, 6.07) is 5.97. The van der Waals surface area contributed by atoms with Crippen LogP contribution in [0.3, 0.4) is 0 Å². The molecule has 0 saturated heterocycles. The van der Waals surface area contributed by atoms with Crippen molar-refractivity contribution in [2.45, 2.75) is 25.5 Å². The Bertz CT molecular complexity index is 349. The van der Waals surface area contributed by atoms with Crippen LogP contribution in [0, 0.1) is 6.92 Å². The quantitative estimate of drug-likeness (QED) is 0.623. The molecule has 2 nitrogen and oxygen atoms in total. The Morgan fingerprint density at radius 2 is 2.07 bits per heavy atom. The zero-order valence-electron chi connectivity index (χ0n) is 9.16. The first-order valence-electron chi connectivity index (χ1n) is 4.75. The topological polar surface area (TPSA) is 24.7 Å². The molecule has 1 aromatic rings. The zero-order chi connectivity index (χ0) is 11.5. The van der Waals surface area contributed by atoms with E-state index in [1.54, 1.807) is 0 Å². The minimum absolute atomic E-state index is 0.112. The van der Waals surface area contributed by atoms with Gasteiger partial charge in [-0.25, -0.2) is 0 Å². The van der Waals surface area contributed by atoms with Gasteiger partial charge in [-0.3, -0.25) is 0 Å². The molecule has 15 heavy (non-hydrogen) atoms. The summed E-state index contributed by atoms with van der Waals surface area (Å²) in [7, 11) is 0. The second-order valence-corrected chi connectivity index (χ2v) is 6.18. The van der Waals surface area contributed by atoms with E-state index in [1.807, 2.05) is 39.0 Å². The van der Waals surface area contributed by atoms with Gasteiger partial charge in [0, 0.05) is 9.22 Å². The van der Waals surface area contributed by atoms with Crippen molar-refractivity contribution in [3.63, 3.8) is 0 Å². The van der Waals surface area contributed by atoms with E-state index in [4.69, 9.17) is 0 Å². The number of hydrogen-bond donors (Lipinski definition) is 1. The van der Waals surface area contributed by atoms with Crippen LogP contribution >= 0.6 is 28.6 Å². The second-order valence-electron chi connectivity index (χ2n) is 4.12. The predicted molar refractivity (Wildman–Crippen MR) is 71.3 cm³/mol. The smallest absolute Gasteiger partial charge is 0.102 e. The molecule has 0 aliphatic rings. The van der Waals surface area contributed by atoms with Gasteiger partial charge in [-0.15, -0.1) is 0 Å². The molecule has 0 radical (unpaired) electrons. The van der Waals surface area contributed by atoms with E-state index in [2.05, 4.69) is 38.8 Å².